The van der Waals surface area contributed by atoms with Crippen molar-refractivity contribution in [1.82, 2.24) is 0 Å². The van der Waals surface area contributed by atoms with Gasteiger partial charge in [-0.05, 0) is 59.8 Å². The fourth-order valence-electron chi connectivity index (χ4n) is 2.19. The first-order valence-corrected chi connectivity index (χ1v) is 7.04. The second-order valence-electron chi connectivity index (χ2n) is 4.51. The van der Waals surface area contributed by atoms with Crippen LogP contribution in [-0.2, 0) is 4.74 Å². The molecule has 1 aromatic carbocycles. The van der Waals surface area contributed by atoms with Gasteiger partial charge in [0.15, 0.2) is 0 Å². The molecular weight excluding hydrogens is 296 g/mol. The third-order valence-electron chi connectivity index (χ3n) is 3.22. The van der Waals surface area contributed by atoms with Gasteiger partial charge in [-0.2, -0.15) is 0 Å². The van der Waals surface area contributed by atoms with Gasteiger partial charge >= 0.3 is 5.97 Å². The molecule has 0 spiro atoms. The third kappa shape index (κ3) is 3.25. The summed E-state index contributed by atoms with van der Waals surface area (Å²) in [6.07, 6.45) is 5.58. The molecule has 0 N–H and O–H groups in total. The zero-order chi connectivity index (χ0) is 13.0. The van der Waals surface area contributed by atoms with Crippen LogP contribution in [0.2, 0.25) is 0 Å². The standard InChI is InChI=1S/C14H17BrO3/c1-17-11-7-8-13(15)12(9-11)14(16)18-10-5-3-2-4-6-10/h7-10H,2-6H2,1H3. The lowest BCUT2D eigenvalue weighted by Crippen LogP contribution is -2.21. The monoisotopic (exact) mass is 312 g/mol. The summed E-state index contributed by atoms with van der Waals surface area (Å²) in [4.78, 5) is 12.1. The summed E-state index contributed by atoms with van der Waals surface area (Å²) in [6.45, 7) is 0. The van der Waals surface area contributed by atoms with E-state index in [2.05, 4.69) is 15.9 Å². The molecule has 0 radical (unpaired) electrons. The summed E-state index contributed by atoms with van der Waals surface area (Å²) in [6, 6.07) is 5.31. The van der Waals surface area contributed by atoms with Crippen molar-refractivity contribution in [3.05, 3.63) is 28.2 Å². The van der Waals surface area contributed by atoms with E-state index in [9.17, 15) is 4.79 Å². The van der Waals surface area contributed by atoms with Crippen molar-refractivity contribution in [1.29, 1.82) is 0 Å². The first-order valence-electron chi connectivity index (χ1n) is 6.25. The number of rotatable bonds is 3. The quantitative estimate of drug-likeness (QED) is 0.793. The van der Waals surface area contributed by atoms with E-state index in [1.165, 1.54) is 6.42 Å². The van der Waals surface area contributed by atoms with Gasteiger partial charge in [0.1, 0.15) is 11.9 Å². The number of ether oxygens (including phenoxy) is 2. The van der Waals surface area contributed by atoms with Crippen LogP contribution in [0.3, 0.4) is 0 Å². The van der Waals surface area contributed by atoms with Gasteiger partial charge in [0.25, 0.3) is 0 Å². The highest BCUT2D eigenvalue weighted by molar-refractivity contribution is 9.10. The SMILES string of the molecule is COc1ccc(Br)c(C(=O)OC2CCCCC2)c1. The highest BCUT2D eigenvalue weighted by atomic mass is 79.9. The Morgan fingerprint density at radius 1 is 1.28 bits per heavy atom. The van der Waals surface area contributed by atoms with Gasteiger partial charge in [0.2, 0.25) is 0 Å². The molecule has 0 amide bonds. The molecule has 0 aromatic heterocycles. The van der Waals surface area contributed by atoms with Crippen LogP contribution in [0, 0.1) is 0 Å². The molecule has 0 bridgehead atoms. The fraction of sp³-hybridized carbons (Fsp3) is 0.500. The van der Waals surface area contributed by atoms with Gasteiger partial charge in [-0.25, -0.2) is 4.79 Å². The second kappa shape index (κ2) is 6.23. The highest BCUT2D eigenvalue weighted by Gasteiger charge is 2.20. The number of hydrogen-bond donors (Lipinski definition) is 0. The molecule has 18 heavy (non-hydrogen) atoms. The van der Waals surface area contributed by atoms with Gasteiger partial charge in [-0.1, -0.05) is 6.42 Å². The predicted molar refractivity (Wildman–Crippen MR) is 73.0 cm³/mol. The molecule has 1 aromatic rings. The Morgan fingerprint density at radius 3 is 2.67 bits per heavy atom. The van der Waals surface area contributed by atoms with Crippen molar-refractivity contribution in [2.45, 2.75) is 38.2 Å². The molecule has 0 aliphatic heterocycles. The molecule has 1 aliphatic carbocycles. The zero-order valence-corrected chi connectivity index (χ0v) is 12.0. The van der Waals surface area contributed by atoms with Crippen molar-refractivity contribution < 1.29 is 14.3 Å². The minimum atomic E-state index is -0.271. The Kier molecular flexibility index (Phi) is 4.64. The lowest BCUT2D eigenvalue weighted by atomic mass is 9.98. The topological polar surface area (TPSA) is 35.5 Å². The number of halogens is 1. The Morgan fingerprint density at radius 2 is 2.00 bits per heavy atom. The molecule has 2 rings (SSSR count). The van der Waals surface area contributed by atoms with E-state index in [0.717, 1.165) is 30.2 Å². The summed E-state index contributed by atoms with van der Waals surface area (Å²) in [7, 11) is 1.58. The molecule has 4 heteroatoms. The van der Waals surface area contributed by atoms with Crippen molar-refractivity contribution >= 4 is 21.9 Å². The predicted octanol–water partition coefficient (Wildman–Crippen LogP) is 3.95. The molecule has 1 saturated carbocycles. The van der Waals surface area contributed by atoms with Gasteiger partial charge in [-0.3, -0.25) is 0 Å². The number of esters is 1. The first-order chi connectivity index (χ1) is 8.70. The molecule has 0 saturated heterocycles. The summed E-state index contributed by atoms with van der Waals surface area (Å²) < 4.78 is 11.4. The third-order valence-corrected chi connectivity index (χ3v) is 3.91. The Balaban J connectivity index is 2.07. The average molecular weight is 313 g/mol. The number of benzene rings is 1. The normalized spacial score (nSPS) is 16.3. The fourth-order valence-corrected chi connectivity index (χ4v) is 2.59. The second-order valence-corrected chi connectivity index (χ2v) is 5.37. The van der Waals surface area contributed by atoms with Crippen LogP contribution in [0.15, 0.2) is 22.7 Å². The van der Waals surface area contributed by atoms with Gasteiger partial charge in [-0.15, -0.1) is 0 Å². The van der Waals surface area contributed by atoms with Crippen molar-refractivity contribution in [3.8, 4) is 5.75 Å². The van der Waals surface area contributed by atoms with E-state index in [1.807, 2.05) is 6.07 Å². The molecular formula is C14H17BrO3. The van der Waals surface area contributed by atoms with Crippen LogP contribution in [0.5, 0.6) is 5.75 Å². The molecule has 0 unspecified atom stereocenters. The highest BCUT2D eigenvalue weighted by Crippen LogP contribution is 2.26. The molecule has 1 aliphatic rings. The van der Waals surface area contributed by atoms with Crippen LogP contribution in [-0.4, -0.2) is 19.2 Å². The van der Waals surface area contributed by atoms with Crippen LogP contribution < -0.4 is 4.74 Å². The maximum atomic E-state index is 12.1. The Labute approximate surface area is 116 Å². The van der Waals surface area contributed by atoms with E-state index in [0.29, 0.717) is 11.3 Å². The van der Waals surface area contributed by atoms with Crippen molar-refractivity contribution in [2.75, 3.05) is 7.11 Å². The maximum absolute atomic E-state index is 12.1. The molecule has 0 atom stereocenters. The lowest BCUT2D eigenvalue weighted by Gasteiger charge is -2.22. The van der Waals surface area contributed by atoms with Crippen LogP contribution >= 0.6 is 15.9 Å². The minimum Gasteiger partial charge on any atom is -0.497 e. The Bertz CT molecular complexity index is 425. The summed E-state index contributed by atoms with van der Waals surface area (Å²) in [5.74, 6) is 0.390. The molecule has 3 nitrogen and oxygen atoms in total. The zero-order valence-electron chi connectivity index (χ0n) is 10.4. The van der Waals surface area contributed by atoms with Crippen LogP contribution in [0.25, 0.3) is 0 Å². The largest absolute Gasteiger partial charge is 0.497 e. The maximum Gasteiger partial charge on any atom is 0.339 e. The van der Waals surface area contributed by atoms with Crippen molar-refractivity contribution in [2.24, 2.45) is 0 Å². The van der Waals surface area contributed by atoms with Gasteiger partial charge in [0, 0.05) is 4.47 Å². The molecule has 1 fully saturated rings. The van der Waals surface area contributed by atoms with E-state index in [-0.39, 0.29) is 12.1 Å². The summed E-state index contributed by atoms with van der Waals surface area (Å²) in [5.41, 5.74) is 0.528. The first kappa shape index (κ1) is 13.4. The molecule has 0 heterocycles. The van der Waals surface area contributed by atoms with E-state index in [4.69, 9.17) is 9.47 Å². The Hall–Kier alpha value is -1.03. The molecule has 98 valence electrons. The lowest BCUT2D eigenvalue weighted by molar-refractivity contribution is 0.0210. The van der Waals surface area contributed by atoms with Crippen molar-refractivity contribution in [3.63, 3.8) is 0 Å². The smallest absolute Gasteiger partial charge is 0.339 e. The average Bonchev–Trinajstić information content (AvgIpc) is 2.40. The van der Waals surface area contributed by atoms with Crippen LogP contribution in [0.4, 0.5) is 0 Å². The van der Waals surface area contributed by atoms with Gasteiger partial charge < -0.3 is 9.47 Å². The summed E-state index contributed by atoms with van der Waals surface area (Å²) >= 11 is 3.37. The number of carbonyl (C=O) groups excluding carboxylic acids is 1. The van der Waals surface area contributed by atoms with E-state index >= 15 is 0 Å². The van der Waals surface area contributed by atoms with E-state index in [1.54, 1.807) is 19.2 Å². The number of methoxy groups -OCH3 is 1. The minimum absolute atomic E-state index is 0.0735. The number of carbonyl (C=O) groups is 1. The van der Waals surface area contributed by atoms with E-state index < -0.39 is 0 Å². The van der Waals surface area contributed by atoms with Gasteiger partial charge in [0.05, 0.1) is 12.7 Å². The summed E-state index contributed by atoms with van der Waals surface area (Å²) in [5, 5.41) is 0. The van der Waals surface area contributed by atoms with Crippen LogP contribution in [0.1, 0.15) is 42.5 Å². The number of hydrogen-bond acceptors (Lipinski definition) is 3.